The minimum absolute atomic E-state index is 0.335. The predicted molar refractivity (Wildman–Crippen MR) is 49.9 cm³/mol. The lowest BCUT2D eigenvalue weighted by Gasteiger charge is -2.08. The highest BCUT2D eigenvalue weighted by atomic mass is 32.2. The summed E-state index contributed by atoms with van der Waals surface area (Å²) in [6, 6.07) is 0.335. The van der Waals surface area contributed by atoms with Crippen molar-refractivity contribution in [1.29, 1.82) is 0 Å². The first kappa shape index (κ1) is 9.36. The van der Waals surface area contributed by atoms with E-state index < -0.39 is 0 Å². The maximum Gasteiger partial charge on any atom is 0.0503 e. The fraction of sp³-hybridized carbons (Fsp3) is 1.00. The lowest BCUT2D eigenvalue weighted by atomic mass is 10.2. The summed E-state index contributed by atoms with van der Waals surface area (Å²) in [5, 5.41) is 0. The predicted octanol–water partition coefficient (Wildman–Crippen LogP) is 1.10. The van der Waals surface area contributed by atoms with Gasteiger partial charge in [0.25, 0.3) is 0 Å². The Balaban J connectivity index is 1.94. The van der Waals surface area contributed by atoms with Crippen LogP contribution < -0.4 is 5.73 Å². The van der Waals surface area contributed by atoms with Crippen LogP contribution in [0.5, 0.6) is 0 Å². The highest BCUT2D eigenvalue weighted by Gasteiger charge is 2.14. The van der Waals surface area contributed by atoms with E-state index in [9.17, 15) is 0 Å². The minimum Gasteiger partial charge on any atom is -0.381 e. The van der Waals surface area contributed by atoms with Gasteiger partial charge in [-0.05, 0) is 25.0 Å². The summed E-state index contributed by atoms with van der Waals surface area (Å²) in [4.78, 5) is 0. The molecule has 2 nitrogen and oxygen atoms in total. The quantitative estimate of drug-likeness (QED) is 0.695. The van der Waals surface area contributed by atoms with E-state index in [1.807, 2.05) is 11.8 Å². The molecule has 2 N–H and O–H groups in total. The summed E-state index contributed by atoms with van der Waals surface area (Å²) in [6.45, 7) is 3.98. The fourth-order valence-corrected chi connectivity index (χ4v) is 2.24. The molecule has 0 aromatic heterocycles. The van der Waals surface area contributed by atoms with Gasteiger partial charge in [0.1, 0.15) is 0 Å². The van der Waals surface area contributed by atoms with E-state index in [1.165, 1.54) is 12.2 Å². The van der Waals surface area contributed by atoms with E-state index in [2.05, 4.69) is 6.92 Å². The van der Waals surface area contributed by atoms with Crippen LogP contribution >= 0.6 is 11.8 Å². The minimum atomic E-state index is 0.335. The molecule has 0 saturated carbocycles. The van der Waals surface area contributed by atoms with Crippen LogP contribution in [-0.4, -0.2) is 30.8 Å². The first-order valence-electron chi connectivity index (χ1n) is 4.20. The number of nitrogens with two attached hydrogens (primary N) is 1. The van der Waals surface area contributed by atoms with Crippen LogP contribution in [0.4, 0.5) is 0 Å². The third-order valence-electron chi connectivity index (χ3n) is 1.76. The standard InChI is InChI=1S/C8H17NOS/c1-7(9)5-11-6-8-2-3-10-4-8/h7-8H,2-6,9H2,1H3. The van der Waals surface area contributed by atoms with Crippen molar-refractivity contribution < 1.29 is 4.74 Å². The molecule has 2 unspecified atom stereocenters. The van der Waals surface area contributed by atoms with Crippen LogP contribution in [0.25, 0.3) is 0 Å². The average Bonchev–Trinajstić information content (AvgIpc) is 2.39. The highest BCUT2D eigenvalue weighted by molar-refractivity contribution is 7.99. The van der Waals surface area contributed by atoms with Crippen LogP contribution in [0.1, 0.15) is 13.3 Å². The molecule has 66 valence electrons. The molecule has 0 aliphatic carbocycles. The van der Waals surface area contributed by atoms with Crippen molar-refractivity contribution >= 4 is 11.8 Å². The van der Waals surface area contributed by atoms with Gasteiger partial charge in [0, 0.05) is 18.4 Å². The smallest absolute Gasteiger partial charge is 0.0503 e. The van der Waals surface area contributed by atoms with Gasteiger partial charge in [-0.15, -0.1) is 0 Å². The zero-order chi connectivity index (χ0) is 8.10. The third kappa shape index (κ3) is 3.99. The summed E-state index contributed by atoms with van der Waals surface area (Å²) < 4.78 is 5.27. The van der Waals surface area contributed by atoms with Crippen LogP contribution in [0.3, 0.4) is 0 Å². The lowest BCUT2D eigenvalue weighted by molar-refractivity contribution is 0.189. The van der Waals surface area contributed by atoms with Crippen molar-refractivity contribution in [2.24, 2.45) is 11.7 Å². The molecule has 1 saturated heterocycles. The van der Waals surface area contributed by atoms with Crippen LogP contribution in [0.15, 0.2) is 0 Å². The number of rotatable bonds is 4. The van der Waals surface area contributed by atoms with Gasteiger partial charge >= 0.3 is 0 Å². The summed E-state index contributed by atoms with van der Waals surface area (Å²) in [5.74, 6) is 3.09. The summed E-state index contributed by atoms with van der Waals surface area (Å²) >= 11 is 1.95. The molecule has 1 aliphatic heterocycles. The van der Waals surface area contributed by atoms with E-state index in [4.69, 9.17) is 10.5 Å². The topological polar surface area (TPSA) is 35.2 Å². The van der Waals surface area contributed by atoms with Gasteiger partial charge in [-0.25, -0.2) is 0 Å². The zero-order valence-corrected chi connectivity index (χ0v) is 7.90. The fourth-order valence-electron chi connectivity index (χ4n) is 1.14. The first-order chi connectivity index (χ1) is 5.29. The van der Waals surface area contributed by atoms with Gasteiger partial charge in [0.2, 0.25) is 0 Å². The lowest BCUT2D eigenvalue weighted by Crippen LogP contribution is -2.18. The normalized spacial score (nSPS) is 27.3. The maximum atomic E-state index is 5.63. The van der Waals surface area contributed by atoms with Gasteiger partial charge < -0.3 is 10.5 Å². The molecule has 0 radical (unpaired) electrons. The monoisotopic (exact) mass is 175 g/mol. The van der Waals surface area contributed by atoms with Crippen LogP contribution in [0, 0.1) is 5.92 Å². The molecule has 11 heavy (non-hydrogen) atoms. The Bertz CT molecular complexity index is 102. The van der Waals surface area contributed by atoms with E-state index >= 15 is 0 Å². The Morgan fingerprint density at radius 1 is 1.73 bits per heavy atom. The molecule has 0 spiro atoms. The van der Waals surface area contributed by atoms with Gasteiger partial charge in [0.15, 0.2) is 0 Å². The van der Waals surface area contributed by atoms with E-state index in [1.54, 1.807) is 0 Å². The molecule has 1 aliphatic rings. The van der Waals surface area contributed by atoms with Crippen molar-refractivity contribution in [2.75, 3.05) is 24.7 Å². The molecule has 0 aromatic carbocycles. The van der Waals surface area contributed by atoms with Crippen molar-refractivity contribution in [3.05, 3.63) is 0 Å². The summed E-state index contributed by atoms with van der Waals surface area (Å²) in [5.41, 5.74) is 5.63. The Morgan fingerprint density at radius 2 is 2.55 bits per heavy atom. The van der Waals surface area contributed by atoms with Gasteiger partial charge in [-0.1, -0.05) is 0 Å². The number of hydrogen-bond donors (Lipinski definition) is 1. The first-order valence-corrected chi connectivity index (χ1v) is 5.35. The summed E-state index contributed by atoms with van der Waals surface area (Å²) in [7, 11) is 0. The van der Waals surface area contributed by atoms with E-state index in [-0.39, 0.29) is 0 Å². The SMILES string of the molecule is CC(N)CSCC1CCOC1. The molecular weight excluding hydrogens is 158 g/mol. The molecule has 1 fully saturated rings. The molecule has 2 atom stereocenters. The Hall–Kier alpha value is 0.270. The third-order valence-corrected chi connectivity index (χ3v) is 3.23. The second-order valence-corrected chi connectivity index (χ2v) is 4.32. The van der Waals surface area contributed by atoms with Gasteiger partial charge in [-0.3, -0.25) is 0 Å². The van der Waals surface area contributed by atoms with Crippen molar-refractivity contribution in [2.45, 2.75) is 19.4 Å². The second kappa shape index (κ2) is 5.01. The summed E-state index contributed by atoms with van der Waals surface area (Å²) in [6.07, 6.45) is 1.24. The largest absolute Gasteiger partial charge is 0.381 e. The Labute approximate surface area is 72.9 Å². The molecule has 0 amide bonds. The number of thioether (sulfide) groups is 1. The van der Waals surface area contributed by atoms with Crippen molar-refractivity contribution in [3.8, 4) is 0 Å². The molecule has 0 bridgehead atoms. The van der Waals surface area contributed by atoms with Crippen LogP contribution in [-0.2, 0) is 4.74 Å². The van der Waals surface area contributed by atoms with E-state index in [0.29, 0.717) is 6.04 Å². The van der Waals surface area contributed by atoms with E-state index in [0.717, 1.165) is 24.9 Å². The molecule has 0 aromatic rings. The number of hydrogen-bond acceptors (Lipinski definition) is 3. The average molecular weight is 175 g/mol. The second-order valence-electron chi connectivity index (χ2n) is 3.24. The van der Waals surface area contributed by atoms with Crippen LogP contribution in [0.2, 0.25) is 0 Å². The maximum absolute atomic E-state index is 5.63. The Morgan fingerprint density at radius 3 is 3.09 bits per heavy atom. The molecule has 3 heteroatoms. The highest BCUT2D eigenvalue weighted by Crippen LogP contribution is 2.18. The van der Waals surface area contributed by atoms with Crippen molar-refractivity contribution in [1.82, 2.24) is 0 Å². The molecule has 1 heterocycles. The van der Waals surface area contributed by atoms with Gasteiger partial charge in [-0.2, -0.15) is 11.8 Å². The Kier molecular flexibility index (Phi) is 4.26. The molecular formula is C8H17NOS. The zero-order valence-electron chi connectivity index (χ0n) is 7.08. The van der Waals surface area contributed by atoms with Gasteiger partial charge in [0.05, 0.1) is 6.61 Å². The molecule has 1 rings (SSSR count). The number of ether oxygens (including phenoxy) is 1. The van der Waals surface area contributed by atoms with Crippen molar-refractivity contribution in [3.63, 3.8) is 0 Å².